The molecule has 1 fully saturated rings. The molecule has 0 N–H and O–H groups in total. The minimum atomic E-state index is 0.0234. The van der Waals surface area contributed by atoms with Crippen molar-refractivity contribution in [2.75, 3.05) is 0 Å². The maximum atomic E-state index is 6.11. The number of epoxide rings is 1. The molecule has 0 spiro atoms. The normalized spacial score (nSPS) is 36.6. The van der Waals surface area contributed by atoms with Gasteiger partial charge in [-0.25, -0.2) is 4.98 Å². The summed E-state index contributed by atoms with van der Waals surface area (Å²) in [4.78, 5) is 4.58. The van der Waals surface area contributed by atoms with Gasteiger partial charge in [0.05, 0.1) is 11.7 Å². The van der Waals surface area contributed by atoms with Crippen molar-refractivity contribution >= 4 is 11.1 Å². The number of fused-ring (bicyclic) bond motifs is 2. The van der Waals surface area contributed by atoms with Gasteiger partial charge in [-0.3, -0.25) is 0 Å². The topological polar surface area (TPSA) is 38.6 Å². The van der Waals surface area contributed by atoms with Crippen LogP contribution in [0.5, 0.6) is 0 Å². The van der Waals surface area contributed by atoms with Crippen molar-refractivity contribution in [1.82, 2.24) is 4.98 Å². The molecule has 0 saturated carbocycles. The second-order valence-electron chi connectivity index (χ2n) is 8.94. The molecule has 5 rings (SSSR count). The molecule has 2 aromatic rings. The van der Waals surface area contributed by atoms with Crippen LogP contribution in [0.2, 0.25) is 0 Å². The average Bonchev–Trinajstić information content (AvgIpc) is 2.95. The molecular weight excluding hydrogens is 298 g/mol. The minimum Gasteiger partial charge on any atom is -0.443 e. The molecule has 0 bridgehead atoms. The number of aryl methyl sites for hydroxylation is 1. The zero-order chi connectivity index (χ0) is 16.8. The summed E-state index contributed by atoms with van der Waals surface area (Å²) < 4.78 is 12.0. The second kappa shape index (κ2) is 4.63. The third-order valence-electron chi connectivity index (χ3n) is 7.03. The Balaban J connectivity index is 1.83. The van der Waals surface area contributed by atoms with E-state index in [1.807, 2.05) is 0 Å². The van der Waals surface area contributed by atoms with Crippen LogP contribution in [0, 0.1) is 12.8 Å². The van der Waals surface area contributed by atoms with Crippen molar-refractivity contribution in [3.05, 3.63) is 28.6 Å². The number of hydrogen-bond donors (Lipinski definition) is 0. The molecule has 3 heteroatoms. The van der Waals surface area contributed by atoms with Crippen LogP contribution in [0.1, 0.15) is 87.0 Å². The molecular formula is C21H27NO2. The molecule has 3 nitrogen and oxygen atoms in total. The Morgan fingerprint density at radius 2 is 1.83 bits per heavy atom. The lowest BCUT2D eigenvalue weighted by Crippen LogP contribution is -2.31. The van der Waals surface area contributed by atoms with Gasteiger partial charge in [0.2, 0.25) is 0 Å². The number of benzene rings is 1. The van der Waals surface area contributed by atoms with E-state index in [4.69, 9.17) is 9.15 Å². The highest BCUT2D eigenvalue weighted by molar-refractivity contribution is 5.84. The van der Waals surface area contributed by atoms with Crippen LogP contribution in [0.4, 0.5) is 0 Å². The van der Waals surface area contributed by atoms with E-state index in [0.29, 0.717) is 29.8 Å². The van der Waals surface area contributed by atoms with Crippen LogP contribution in [-0.2, 0) is 4.74 Å². The summed E-state index contributed by atoms with van der Waals surface area (Å²) in [6, 6.07) is 0. The fourth-order valence-electron chi connectivity index (χ4n) is 5.77. The summed E-state index contributed by atoms with van der Waals surface area (Å²) in [6.07, 6.45) is 5.79. The van der Waals surface area contributed by atoms with Gasteiger partial charge in [-0.2, -0.15) is 0 Å². The summed E-state index contributed by atoms with van der Waals surface area (Å²) in [7, 11) is 0. The van der Waals surface area contributed by atoms with Gasteiger partial charge in [-0.1, -0.05) is 13.8 Å². The lowest BCUT2D eigenvalue weighted by molar-refractivity contribution is 0.268. The van der Waals surface area contributed by atoms with Gasteiger partial charge in [0.1, 0.15) is 5.52 Å². The van der Waals surface area contributed by atoms with Crippen LogP contribution in [-0.4, -0.2) is 16.7 Å². The second-order valence-corrected chi connectivity index (χ2v) is 8.94. The molecule has 0 amide bonds. The molecule has 2 unspecified atom stereocenters. The highest BCUT2D eigenvalue weighted by Gasteiger charge is 2.56. The van der Waals surface area contributed by atoms with Gasteiger partial charge < -0.3 is 9.15 Å². The Kier molecular flexibility index (Phi) is 2.88. The van der Waals surface area contributed by atoms with Gasteiger partial charge >= 0.3 is 0 Å². The summed E-state index contributed by atoms with van der Waals surface area (Å²) >= 11 is 0. The number of hydrogen-bond acceptors (Lipinski definition) is 3. The van der Waals surface area contributed by atoms with Gasteiger partial charge in [0.25, 0.3) is 0 Å². The van der Waals surface area contributed by atoms with Gasteiger partial charge in [-0.05, 0) is 74.5 Å². The van der Waals surface area contributed by atoms with Gasteiger partial charge in [0.15, 0.2) is 12.0 Å². The molecule has 1 aliphatic heterocycles. The maximum absolute atomic E-state index is 6.11. The van der Waals surface area contributed by atoms with E-state index in [1.165, 1.54) is 30.4 Å². The molecule has 0 radical (unpaired) electrons. The zero-order valence-corrected chi connectivity index (χ0v) is 15.3. The summed E-state index contributed by atoms with van der Waals surface area (Å²) in [6.45, 7) is 11.5. The van der Waals surface area contributed by atoms with Crippen molar-refractivity contribution in [2.45, 2.75) is 83.3 Å². The van der Waals surface area contributed by atoms with Crippen LogP contribution < -0.4 is 0 Å². The highest BCUT2D eigenvalue weighted by Crippen LogP contribution is 2.59. The Bertz CT molecular complexity index is 834. The largest absolute Gasteiger partial charge is 0.443 e. The fourth-order valence-corrected chi connectivity index (χ4v) is 5.77. The monoisotopic (exact) mass is 325 g/mol. The van der Waals surface area contributed by atoms with E-state index in [0.717, 1.165) is 11.1 Å². The SMILES string of the molecule is Cc1c2c3c(c4ocnc14)[C@@H](C)CCC3[C@@H](C)C[C@H]2C1OC1(C)C. The molecule has 24 heavy (non-hydrogen) atoms. The number of oxazole rings is 1. The quantitative estimate of drug-likeness (QED) is 0.657. The molecule has 1 aromatic heterocycles. The highest BCUT2D eigenvalue weighted by atomic mass is 16.6. The zero-order valence-electron chi connectivity index (χ0n) is 15.3. The predicted octanol–water partition coefficient (Wildman–Crippen LogP) is 5.42. The summed E-state index contributed by atoms with van der Waals surface area (Å²) in [5, 5.41) is 0. The Hall–Kier alpha value is -1.35. The van der Waals surface area contributed by atoms with Gasteiger partial charge in [0, 0.05) is 11.5 Å². The Morgan fingerprint density at radius 3 is 2.54 bits per heavy atom. The lowest BCUT2D eigenvalue weighted by atomic mass is 9.61. The Morgan fingerprint density at radius 1 is 1.08 bits per heavy atom. The van der Waals surface area contributed by atoms with E-state index in [1.54, 1.807) is 17.5 Å². The molecule has 1 aromatic carbocycles. The van der Waals surface area contributed by atoms with Crippen molar-refractivity contribution in [3.63, 3.8) is 0 Å². The standard InChI is InChI=1S/C21H27NO2/c1-10-6-7-13-11(2)8-14(20-21(4,5)24-20)16-12(3)18-19(23-9-22-18)15(10)17(13)16/h9-11,13-14,20H,6-8H2,1-5H3/t10-,11-,13?,14+,20?/m0/s1. The van der Waals surface area contributed by atoms with Gasteiger partial charge in [-0.15, -0.1) is 0 Å². The van der Waals surface area contributed by atoms with Crippen LogP contribution in [0.3, 0.4) is 0 Å². The van der Waals surface area contributed by atoms with E-state index >= 15 is 0 Å². The van der Waals surface area contributed by atoms with E-state index in [9.17, 15) is 0 Å². The molecule has 3 aliphatic rings. The Labute approximate surface area is 143 Å². The first-order valence-corrected chi connectivity index (χ1v) is 9.47. The van der Waals surface area contributed by atoms with Crippen molar-refractivity contribution < 1.29 is 9.15 Å². The lowest BCUT2D eigenvalue weighted by Gasteiger charge is -2.42. The predicted molar refractivity (Wildman–Crippen MR) is 94.6 cm³/mol. The minimum absolute atomic E-state index is 0.0234. The smallest absolute Gasteiger partial charge is 0.182 e. The number of rotatable bonds is 1. The third-order valence-corrected chi connectivity index (χ3v) is 7.03. The van der Waals surface area contributed by atoms with E-state index in [-0.39, 0.29) is 5.60 Å². The first-order chi connectivity index (χ1) is 11.4. The molecule has 1 saturated heterocycles. The third kappa shape index (κ3) is 1.79. The molecule has 128 valence electrons. The van der Waals surface area contributed by atoms with Crippen LogP contribution in [0.15, 0.2) is 10.8 Å². The van der Waals surface area contributed by atoms with Crippen molar-refractivity contribution in [2.24, 2.45) is 5.92 Å². The van der Waals surface area contributed by atoms with Crippen LogP contribution >= 0.6 is 0 Å². The molecule has 2 heterocycles. The van der Waals surface area contributed by atoms with Crippen molar-refractivity contribution in [3.8, 4) is 0 Å². The number of aromatic nitrogens is 1. The van der Waals surface area contributed by atoms with Crippen molar-refractivity contribution in [1.29, 1.82) is 0 Å². The summed E-state index contributed by atoms with van der Waals surface area (Å²) in [5.41, 5.74) is 8.09. The fraction of sp³-hybridized carbons (Fsp3) is 0.667. The average molecular weight is 325 g/mol. The van der Waals surface area contributed by atoms with E-state index in [2.05, 4.69) is 39.6 Å². The number of ether oxygens (including phenoxy) is 1. The van der Waals surface area contributed by atoms with E-state index < -0.39 is 0 Å². The number of nitrogens with zero attached hydrogens (tertiary/aromatic N) is 1. The first-order valence-electron chi connectivity index (χ1n) is 9.47. The molecule has 5 atom stereocenters. The maximum Gasteiger partial charge on any atom is 0.182 e. The molecule has 2 aliphatic carbocycles. The van der Waals surface area contributed by atoms with Crippen LogP contribution in [0.25, 0.3) is 11.1 Å². The summed E-state index contributed by atoms with van der Waals surface area (Å²) in [5.74, 6) is 2.46. The first kappa shape index (κ1) is 14.9.